The van der Waals surface area contributed by atoms with Crippen molar-refractivity contribution in [2.45, 2.75) is 0 Å². The highest BCUT2D eigenvalue weighted by Crippen LogP contribution is 1.93. The molecule has 0 fully saturated rings. The average Bonchev–Trinajstić information content (AvgIpc) is 1.65. The number of aliphatic hydroxyl groups is 1. The molecule has 0 aliphatic rings. The van der Waals surface area contributed by atoms with Gasteiger partial charge in [0.05, 0.1) is 6.54 Å². The van der Waals surface area contributed by atoms with E-state index in [9.17, 15) is 9.79 Å². The molecule has 0 radical (unpaired) electrons. The van der Waals surface area contributed by atoms with Crippen LogP contribution in [-0.2, 0) is 0 Å². The molecule has 7 heavy (non-hydrogen) atoms. The van der Waals surface area contributed by atoms with Crippen LogP contribution in [0.15, 0.2) is 0 Å². The summed E-state index contributed by atoms with van der Waals surface area (Å²) in [6, 6.07) is 0. The summed E-state index contributed by atoms with van der Waals surface area (Å²) in [6.07, 6.45) is 0. The van der Waals surface area contributed by atoms with Crippen LogP contribution >= 0.6 is 8.00 Å². The first-order valence-electron chi connectivity index (χ1n) is 1.57. The minimum atomic E-state index is -2.81. The highest BCUT2D eigenvalue weighted by Gasteiger charge is 1.89. The van der Waals surface area contributed by atoms with Crippen LogP contribution in [0.25, 0.3) is 0 Å². The molecule has 0 aromatic heterocycles. The van der Waals surface area contributed by atoms with Gasteiger partial charge in [-0.15, -0.1) is 0 Å². The van der Waals surface area contributed by atoms with Crippen molar-refractivity contribution in [3.05, 3.63) is 0 Å². The largest absolute Gasteiger partial charge is 0.631 e. The zero-order valence-corrected chi connectivity index (χ0v) is 4.39. The van der Waals surface area contributed by atoms with Crippen molar-refractivity contribution < 1.29 is 14.9 Å². The van der Waals surface area contributed by atoms with Gasteiger partial charge in [-0.2, -0.15) is 0 Å². The van der Waals surface area contributed by atoms with E-state index in [1.54, 1.807) is 0 Å². The van der Waals surface area contributed by atoms with Gasteiger partial charge in [-0.25, -0.2) is 0 Å². The molecule has 0 bridgehead atoms. The predicted octanol–water partition coefficient (Wildman–Crippen LogP) is -2.52. The molecule has 4 nitrogen and oxygen atoms in total. The molecule has 0 heterocycles. The van der Waals surface area contributed by atoms with Gasteiger partial charge in [0.15, 0.2) is 0 Å². The Balaban J connectivity index is 3.72. The molecule has 0 aromatic carbocycles. The van der Waals surface area contributed by atoms with Gasteiger partial charge < -0.3 is 20.6 Å². The van der Waals surface area contributed by atoms with Crippen LogP contribution in [-0.4, -0.2) is 17.1 Å². The van der Waals surface area contributed by atoms with Gasteiger partial charge in [0.25, 0.3) is 0 Å². The summed E-state index contributed by atoms with van der Waals surface area (Å²) in [6.45, 7) is -0.307. The minimum Gasteiger partial charge on any atom is -0.631 e. The van der Waals surface area contributed by atoms with Crippen LogP contribution in [0.1, 0.15) is 0 Å². The Morgan fingerprint density at radius 1 is 1.71 bits per heavy atom. The number of hydrogen-bond donors (Lipinski definition) is 2. The van der Waals surface area contributed by atoms with Gasteiger partial charge in [-0.1, -0.05) is 0 Å². The molecule has 0 unspecified atom stereocenters. The molecule has 0 amide bonds. The van der Waals surface area contributed by atoms with Gasteiger partial charge >= 0.3 is 0 Å². The van der Waals surface area contributed by atoms with E-state index >= 15 is 0 Å². The topological polar surface area (TPSA) is 92.4 Å². The normalized spacial score (nSPS) is 8.57. The Labute approximate surface area is 41.8 Å². The fourth-order valence-electron chi connectivity index (χ4n) is 0.0745. The molecule has 42 valence electrons. The lowest BCUT2D eigenvalue weighted by atomic mass is 10.7. The number of rotatable bonds is 1. The van der Waals surface area contributed by atoms with Crippen LogP contribution in [0, 0.1) is 0 Å². The second kappa shape index (κ2) is 3.07. The summed E-state index contributed by atoms with van der Waals surface area (Å²) >= 11 is 0. The Hall–Kier alpha value is 0.01000. The Bertz CT molecular complexity index is 86.9. The molecule has 0 saturated carbocycles. The Morgan fingerprint density at radius 3 is 2.14 bits per heavy atom. The first-order valence-corrected chi connectivity index (χ1v) is 2.75. The Kier molecular flexibility index (Phi) is 3.07. The van der Waals surface area contributed by atoms with Crippen molar-refractivity contribution in [1.29, 1.82) is 0 Å². The summed E-state index contributed by atoms with van der Waals surface area (Å²) in [5, 5.41) is 8.13. The highest BCUT2D eigenvalue weighted by molar-refractivity contribution is 7.43. The molecule has 0 rings (SSSR count). The maximum absolute atomic E-state index is 9.60. The number of nitrogens with two attached hydrogens (primary N) is 1. The second-order valence-electron chi connectivity index (χ2n) is 0.877. The van der Waals surface area contributed by atoms with E-state index in [2.05, 4.69) is 0 Å². The molecular weight excluding hydrogens is 117 g/mol. The van der Waals surface area contributed by atoms with E-state index in [1.807, 2.05) is 0 Å². The van der Waals surface area contributed by atoms with E-state index in [0.717, 1.165) is 0 Å². The average molecular weight is 122 g/mol. The van der Waals surface area contributed by atoms with Crippen LogP contribution in [0.2, 0.25) is 0 Å². The summed E-state index contributed by atoms with van der Waals surface area (Å²) in [5.74, 6) is 0. The lowest BCUT2D eigenvalue weighted by molar-refractivity contribution is -0.282. The fourth-order valence-corrected chi connectivity index (χ4v) is 0.224. The smallest absolute Gasteiger partial charge is 0.228 e. The van der Waals surface area contributed by atoms with Crippen LogP contribution in [0.3, 0.4) is 0 Å². The fraction of sp³-hybridized carbons (Fsp3) is 0.500. The van der Waals surface area contributed by atoms with E-state index in [1.165, 1.54) is 0 Å². The van der Waals surface area contributed by atoms with Gasteiger partial charge in [0.1, 0.15) is 0 Å². The van der Waals surface area contributed by atoms with Gasteiger partial charge in [-0.05, 0) is 0 Å². The Morgan fingerprint density at radius 2 is 2.14 bits per heavy atom. The molecule has 0 aliphatic carbocycles. The summed E-state index contributed by atoms with van der Waals surface area (Å²) in [7, 11) is -2.81. The van der Waals surface area contributed by atoms with Gasteiger partial charge in [0, 0.05) is 8.00 Å². The van der Waals surface area contributed by atoms with E-state index < -0.39 is 13.5 Å². The van der Waals surface area contributed by atoms with Crippen molar-refractivity contribution in [2.75, 3.05) is 6.54 Å². The minimum absolute atomic E-state index is 0.307. The molecule has 5 heteroatoms. The third-order valence-corrected chi connectivity index (χ3v) is 0.997. The standard InChI is InChI=1S/C2H6NO3P/c3-1-2(4)7(5)6/h4H,1,3H2,(H,5,6)/p-1. The molecule has 0 aromatic rings. The zero-order chi connectivity index (χ0) is 5.86. The first kappa shape index (κ1) is 7.01. The third kappa shape index (κ3) is 2.68. The molecular formula is C2H5NO3P-. The zero-order valence-electron chi connectivity index (χ0n) is 3.50. The molecule has 3 N–H and O–H groups in total. The van der Waals surface area contributed by atoms with Gasteiger partial charge in [0.2, 0.25) is 5.48 Å². The summed E-state index contributed by atoms with van der Waals surface area (Å²) in [4.78, 5) is 19.2. The number of aliphatic hydroxyl groups excluding tert-OH is 1. The molecule has 0 aliphatic heterocycles. The molecule has 0 atom stereocenters. The lowest BCUT2D eigenvalue weighted by Gasteiger charge is -1.98. The first-order chi connectivity index (χ1) is 3.18. The van der Waals surface area contributed by atoms with Crippen molar-refractivity contribution in [3.63, 3.8) is 0 Å². The van der Waals surface area contributed by atoms with Crippen molar-refractivity contribution in [2.24, 2.45) is 5.73 Å². The predicted molar refractivity (Wildman–Crippen MR) is 22.9 cm³/mol. The van der Waals surface area contributed by atoms with E-state index in [0.29, 0.717) is 0 Å². The SMILES string of the molecule is NCC(O)=[P+]([O-])[O-]. The summed E-state index contributed by atoms with van der Waals surface area (Å²) < 4.78 is 0. The van der Waals surface area contributed by atoms with Crippen molar-refractivity contribution in [1.82, 2.24) is 0 Å². The summed E-state index contributed by atoms with van der Waals surface area (Å²) in [5.41, 5.74) is 4.03. The van der Waals surface area contributed by atoms with Crippen LogP contribution < -0.4 is 15.5 Å². The lowest BCUT2D eigenvalue weighted by Crippen LogP contribution is -2.18. The number of hydrogen-bond acceptors (Lipinski definition) is 3. The van der Waals surface area contributed by atoms with E-state index in [-0.39, 0.29) is 6.54 Å². The van der Waals surface area contributed by atoms with Crippen molar-refractivity contribution >= 4 is 13.5 Å². The van der Waals surface area contributed by atoms with Crippen LogP contribution in [0.4, 0.5) is 0 Å². The van der Waals surface area contributed by atoms with Crippen LogP contribution in [0.5, 0.6) is 0 Å². The maximum Gasteiger partial charge on any atom is 0.228 e. The van der Waals surface area contributed by atoms with Crippen molar-refractivity contribution in [3.8, 4) is 0 Å². The van der Waals surface area contributed by atoms with Gasteiger partial charge in [-0.3, -0.25) is 0 Å². The highest BCUT2D eigenvalue weighted by atomic mass is 31.1. The quantitative estimate of drug-likeness (QED) is 0.375. The molecule has 0 saturated heterocycles. The third-order valence-electron chi connectivity index (χ3n) is 0.393. The monoisotopic (exact) mass is 122 g/mol. The molecule has 0 spiro atoms. The second-order valence-corrected chi connectivity index (χ2v) is 1.91. The maximum atomic E-state index is 9.60. The van der Waals surface area contributed by atoms with E-state index in [4.69, 9.17) is 10.8 Å².